The summed E-state index contributed by atoms with van der Waals surface area (Å²) in [7, 11) is 0. The molecular formula is C16H20ClN3O2. The minimum Gasteiger partial charge on any atom is -0.340 e. The third-order valence-corrected chi connectivity index (χ3v) is 4.77. The van der Waals surface area contributed by atoms with E-state index in [1.165, 1.54) is 0 Å². The van der Waals surface area contributed by atoms with Gasteiger partial charge in [0.15, 0.2) is 0 Å². The molecule has 0 aliphatic carbocycles. The topological polar surface area (TPSA) is 43.9 Å². The zero-order chi connectivity index (χ0) is 15.7. The molecule has 2 heterocycles. The number of amides is 2. The maximum Gasteiger partial charge on any atom is 0.253 e. The number of likely N-dealkylation sites (tertiary alicyclic amines) is 1. The molecule has 6 heteroatoms. The van der Waals surface area contributed by atoms with Crippen molar-refractivity contribution in [2.75, 3.05) is 39.3 Å². The molecule has 0 spiro atoms. The Morgan fingerprint density at radius 2 is 1.59 bits per heavy atom. The Kier molecular flexibility index (Phi) is 4.36. The van der Waals surface area contributed by atoms with Gasteiger partial charge in [0.2, 0.25) is 5.91 Å². The first-order chi connectivity index (χ1) is 10.5. The lowest BCUT2D eigenvalue weighted by molar-refractivity contribution is -0.131. The van der Waals surface area contributed by atoms with Gasteiger partial charge in [-0.2, -0.15) is 0 Å². The molecule has 2 aliphatic rings. The third-order valence-electron chi connectivity index (χ3n) is 4.52. The van der Waals surface area contributed by atoms with Crippen molar-refractivity contribution in [2.24, 2.45) is 0 Å². The molecule has 0 aromatic heterocycles. The van der Waals surface area contributed by atoms with Crippen LogP contribution in [0.25, 0.3) is 0 Å². The van der Waals surface area contributed by atoms with Crippen molar-refractivity contribution < 1.29 is 9.59 Å². The highest BCUT2D eigenvalue weighted by molar-refractivity contribution is 6.30. The molecule has 22 heavy (non-hydrogen) atoms. The van der Waals surface area contributed by atoms with Crippen LogP contribution in [0.2, 0.25) is 5.02 Å². The summed E-state index contributed by atoms with van der Waals surface area (Å²) in [6.45, 7) is 6.52. The van der Waals surface area contributed by atoms with Gasteiger partial charge in [-0.15, -0.1) is 0 Å². The second kappa shape index (κ2) is 6.26. The first kappa shape index (κ1) is 15.3. The fourth-order valence-corrected chi connectivity index (χ4v) is 3.16. The summed E-state index contributed by atoms with van der Waals surface area (Å²) in [5.74, 6) is 0.211. The monoisotopic (exact) mass is 321 g/mol. The van der Waals surface area contributed by atoms with E-state index < -0.39 is 0 Å². The maximum atomic E-state index is 12.3. The molecule has 2 fully saturated rings. The summed E-state index contributed by atoms with van der Waals surface area (Å²) in [6, 6.07) is 7.44. The molecule has 0 radical (unpaired) electrons. The number of hydrogen-bond acceptors (Lipinski definition) is 3. The van der Waals surface area contributed by atoms with Gasteiger partial charge in [-0.3, -0.25) is 14.5 Å². The number of carbonyl (C=O) groups is 2. The Morgan fingerprint density at radius 1 is 1.00 bits per heavy atom. The minimum atomic E-state index is 0.0651. The minimum absolute atomic E-state index is 0.0651. The van der Waals surface area contributed by atoms with E-state index >= 15 is 0 Å². The van der Waals surface area contributed by atoms with Crippen molar-refractivity contribution in [3.05, 3.63) is 34.9 Å². The van der Waals surface area contributed by atoms with E-state index in [9.17, 15) is 9.59 Å². The van der Waals surface area contributed by atoms with E-state index in [-0.39, 0.29) is 11.8 Å². The Balaban J connectivity index is 1.49. The lowest BCUT2D eigenvalue weighted by Gasteiger charge is -2.48. The van der Waals surface area contributed by atoms with Crippen LogP contribution >= 0.6 is 11.6 Å². The zero-order valence-corrected chi connectivity index (χ0v) is 13.4. The van der Waals surface area contributed by atoms with Gasteiger partial charge in [0, 0.05) is 62.8 Å². The second-order valence-electron chi connectivity index (χ2n) is 5.91. The largest absolute Gasteiger partial charge is 0.340 e. The van der Waals surface area contributed by atoms with Crippen molar-refractivity contribution in [1.29, 1.82) is 0 Å². The predicted molar refractivity (Wildman–Crippen MR) is 85.0 cm³/mol. The van der Waals surface area contributed by atoms with E-state index in [2.05, 4.69) is 4.90 Å². The summed E-state index contributed by atoms with van der Waals surface area (Å²) in [4.78, 5) is 29.8. The number of carbonyl (C=O) groups excluding carboxylic acids is 2. The van der Waals surface area contributed by atoms with Gasteiger partial charge in [-0.05, 0) is 24.3 Å². The molecule has 2 amide bonds. The average molecular weight is 322 g/mol. The van der Waals surface area contributed by atoms with Crippen LogP contribution in [-0.4, -0.2) is 71.8 Å². The summed E-state index contributed by atoms with van der Waals surface area (Å²) in [6.07, 6.45) is 0. The van der Waals surface area contributed by atoms with Crippen LogP contribution in [0.3, 0.4) is 0 Å². The highest BCUT2D eigenvalue weighted by Gasteiger charge is 2.36. The summed E-state index contributed by atoms with van der Waals surface area (Å²) in [5, 5.41) is 0.640. The lowest BCUT2D eigenvalue weighted by atomic mass is 10.0. The van der Waals surface area contributed by atoms with E-state index in [0.717, 1.165) is 39.3 Å². The molecular weight excluding hydrogens is 302 g/mol. The first-order valence-electron chi connectivity index (χ1n) is 7.59. The number of hydrogen-bond donors (Lipinski definition) is 0. The third kappa shape index (κ3) is 3.10. The van der Waals surface area contributed by atoms with Gasteiger partial charge in [-0.25, -0.2) is 0 Å². The Bertz CT molecular complexity index is 561. The molecule has 2 aliphatic heterocycles. The molecule has 0 N–H and O–H groups in total. The Hall–Kier alpha value is -1.59. The molecule has 2 saturated heterocycles. The van der Waals surface area contributed by atoms with Gasteiger partial charge in [-0.1, -0.05) is 11.6 Å². The average Bonchev–Trinajstić information content (AvgIpc) is 2.47. The first-order valence-corrected chi connectivity index (χ1v) is 7.97. The van der Waals surface area contributed by atoms with Crippen molar-refractivity contribution in [3.63, 3.8) is 0 Å². The van der Waals surface area contributed by atoms with Crippen LogP contribution in [0.1, 0.15) is 17.3 Å². The molecule has 0 unspecified atom stereocenters. The number of benzene rings is 1. The highest BCUT2D eigenvalue weighted by Crippen LogP contribution is 2.20. The fraction of sp³-hybridized carbons (Fsp3) is 0.500. The lowest BCUT2D eigenvalue weighted by Crippen LogP contribution is -2.64. The smallest absolute Gasteiger partial charge is 0.253 e. The molecule has 5 nitrogen and oxygen atoms in total. The number of piperazine rings is 1. The van der Waals surface area contributed by atoms with Crippen LogP contribution in [0.4, 0.5) is 0 Å². The van der Waals surface area contributed by atoms with Crippen molar-refractivity contribution >= 4 is 23.4 Å². The molecule has 0 bridgehead atoms. The molecule has 1 aromatic rings. The van der Waals surface area contributed by atoms with E-state index in [0.29, 0.717) is 16.6 Å². The summed E-state index contributed by atoms with van der Waals surface area (Å²) in [5.41, 5.74) is 0.684. The quantitative estimate of drug-likeness (QED) is 0.825. The Morgan fingerprint density at radius 3 is 2.14 bits per heavy atom. The predicted octanol–water partition coefficient (Wildman–Crippen LogP) is 1.33. The number of rotatable bonds is 2. The second-order valence-corrected chi connectivity index (χ2v) is 6.35. The molecule has 118 valence electrons. The summed E-state index contributed by atoms with van der Waals surface area (Å²) < 4.78 is 0. The van der Waals surface area contributed by atoms with Gasteiger partial charge in [0.1, 0.15) is 0 Å². The molecule has 0 saturated carbocycles. The van der Waals surface area contributed by atoms with Crippen LogP contribution in [0.15, 0.2) is 24.3 Å². The van der Waals surface area contributed by atoms with E-state index in [1.54, 1.807) is 31.2 Å². The SMILES string of the molecule is CC(=O)N1CCN(C2CN(C(=O)c3ccc(Cl)cc3)C2)CC1. The van der Waals surface area contributed by atoms with Crippen LogP contribution in [0, 0.1) is 0 Å². The summed E-state index contributed by atoms with van der Waals surface area (Å²) >= 11 is 5.84. The van der Waals surface area contributed by atoms with Gasteiger partial charge in [0.05, 0.1) is 0 Å². The zero-order valence-electron chi connectivity index (χ0n) is 12.7. The van der Waals surface area contributed by atoms with Crippen molar-refractivity contribution in [2.45, 2.75) is 13.0 Å². The molecule has 0 atom stereocenters. The fourth-order valence-electron chi connectivity index (χ4n) is 3.03. The van der Waals surface area contributed by atoms with Gasteiger partial charge in [0.25, 0.3) is 5.91 Å². The molecule has 1 aromatic carbocycles. The number of nitrogens with zero attached hydrogens (tertiary/aromatic N) is 3. The van der Waals surface area contributed by atoms with E-state index in [1.807, 2.05) is 9.80 Å². The van der Waals surface area contributed by atoms with Crippen molar-refractivity contribution in [1.82, 2.24) is 14.7 Å². The van der Waals surface area contributed by atoms with Crippen LogP contribution in [-0.2, 0) is 4.79 Å². The van der Waals surface area contributed by atoms with Gasteiger partial charge < -0.3 is 9.80 Å². The van der Waals surface area contributed by atoms with Crippen LogP contribution < -0.4 is 0 Å². The normalized spacial score (nSPS) is 19.9. The highest BCUT2D eigenvalue weighted by atomic mass is 35.5. The Labute approximate surface area is 135 Å². The maximum absolute atomic E-state index is 12.3. The molecule has 3 rings (SSSR count). The van der Waals surface area contributed by atoms with Gasteiger partial charge >= 0.3 is 0 Å². The van der Waals surface area contributed by atoms with Crippen LogP contribution in [0.5, 0.6) is 0 Å². The van der Waals surface area contributed by atoms with Crippen molar-refractivity contribution in [3.8, 4) is 0 Å². The number of halogens is 1. The standard InChI is InChI=1S/C16H20ClN3O2/c1-12(21)18-6-8-19(9-7-18)15-10-20(11-15)16(22)13-2-4-14(17)5-3-13/h2-5,15H,6-11H2,1H3. The van der Waals surface area contributed by atoms with E-state index in [4.69, 9.17) is 11.6 Å².